The van der Waals surface area contributed by atoms with Crippen molar-refractivity contribution in [3.05, 3.63) is 71.8 Å². The zero-order chi connectivity index (χ0) is 26.7. The number of alkyl halides is 3. The minimum absolute atomic E-state index is 0.0724. The largest absolute Gasteiger partial charge is 0.480 e. The number of ether oxygens (including phenoxy) is 1. The Morgan fingerprint density at radius 1 is 1.03 bits per heavy atom. The standard InChI is InChI=1S/C27H23F3N8O/c1-39-26-21(22(16-6-7-16)32-13-33-26)23-35-25-18(11-31-14-38(25)36-23)10-15-2-4-17(5-3-15)24-34-20(27(28,29)30)12-37(24)19-8-9-19/h2-5,11-14,16,19H,6-10H2,1H3. The molecule has 5 aromatic rings. The summed E-state index contributed by atoms with van der Waals surface area (Å²) in [7, 11) is 1.57. The number of hydrogen-bond donors (Lipinski definition) is 0. The van der Waals surface area contributed by atoms with Gasteiger partial charge in [0.15, 0.2) is 17.2 Å². The van der Waals surface area contributed by atoms with Gasteiger partial charge in [-0.25, -0.2) is 29.4 Å². The Balaban J connectivity index is 1.20. The molecule has 0 radical (unpaired) electrons. The van der Waals surface area contributed by atoms with Gasteiger partial charge < -0.3 is 9.30 Å². The summed E-state index contributed by atoms with van der Waals surface area (Å²) in [5.74, 6) is 1.60. The third-order valence-corrected chi connectivity index (χ3v) is 7.12. The number of hydrogen-bond acceptors (Lipinski definition) is 7. The maximum atomic E-state index is 13.3. The van der Waals surface area contributed by atoms with Gasteiger partial charge in [-0.2, -0.15) is 13.2 Å². The number of nitrogens with zero attached hydrogens (tertiary/aromatic N) is 8. The van der Waals surface area contributed by atoms with Crippen LogP contribution in [0.1, 0.15) is 60.2 Å². The van der Waals surface area contributed by atoms with Crippen molar-refractivity contribution in [1.29, 1.82) is 0 Å². The molecule has 39 heavy (non-hydrogen) atoms. The van der Waals surface area contributed by atoms with Gasteiger partial charge in [-0.15, -0.1) is 5.10 Å². The van der Waals surface area contributed by atoms with E-state index in [1.54, 1.807) is 28.7 Å². The van der Waals surface area contributed by atoms with Gasteiger partial charge in [-0.05, 0) is 31.2 Å². The van der Waals surface area contributed by atoms with Crippen molar-refractivity contribution in [1.82, 2.24) is 39.1 Å². The van der Waals surface area contributed by atoms with Gasteiger partial charge in [0.2, 0.25) is 5.88 Å². The van der Waals surface area contributed by atoms with Gasteiger partial charge in [0, 0.05) is 41.9 Å². The summed E-state index contributed by atoms with van der Waals surface area (Å²) in [6.07, 6.45) is 5.84. The van der Waals surface area contributed by atoms with Crippen LogP contribution >= 0.6 is 0 Å². The molecule has 0 unspecified atom stereocenters. The van der Waals surface area contributed by atoms with Crippen LogP contribution in [0, 0.1) is 0 Å². The molecule has 9 nitrogen and oxygen atoms in total. The summed E-state index contributed by atoms with van der Waals surface area (Å²) >= 11 is 0. The SMILES string of the molecule is COc1ncnc(C2CC2)c1-c1nc2c(Cc3ccc(-c4nc(C(F)(F)F)cn4C4CC4)cc3)cncn2n1. The minimum atomic E-state index is -4.48. The molecule has 0 saturated heterocycles. The molecular weight excluding hydrogens is 509 g/mol. The van der Waals surface area contributed by atoms with Gasteiger partial charge in [0.1, 0.15) is 24.0 Å². The molecule has 0 atom stereocenters. The van der Waals surface area contributed by atoms with Crippen LogP contribution < -0.4 is 4.74 Å². The van der Waals surface area contributed by atoms with Gasteiger partial charge in [0.25, 0.3) is 0 Å². The van der Waals surface area contributed by atoms with Gasteiger partial charge in [-0.1, -0.05) is 24.3 Å². The number of aromatic nitrogens is 8. The molecule has 2 fully saturated rings. The molecule has 0 bridgehead atoms. The second-order valence-corrected chi connectivity index (χ2v) is 10.00. The van der Waals surface area contributed by atoms with E-state index in [9.17, 15) is 13.2 Å². The highest BCUT2D eigenvalue weighted by molar-refractivity contribution is 5.68. The van der Waals surface area contributed by atoms with Crippen molar-refractivity contribution in [3.63, 3.8) is 0 Å². The zero-order valence-electron chi connectivity index (χ0n) is 20.9. The van der Waals surface area contributed by atoms with E-state index in [0.29, 0.717) is 46.6 Å². The number of fused-ring (bicyclic) bond motifs is 1. The molecule has 198 valence electrons. The molecule has 2 saturated carbocycles. The fraction of sp³-hybridized carbons (Fsp3) is 0.333. The smallest absolute Gasteiger partial charge is 0.434 e. The fourth-order valence-electron chi connectivity index (χ4n) is 4.88. The van der Waals surface area contributed by atoms with Crippen LogP contribution in [0.2, 0.25) is 0 Å². The molecule has 12 heteroatoms. The maximum absolute atomic E-state index is 13.3. The van der Waals surface area contributed by atoms with Crippen molar-refractivity contribution in [2.45, 2.75) is 50.2 Å². The van der Waals surface area contributed by atoms with Crippen LogP contribution in [0.15, 0.2) is 49.3 Å². The first-order valence-electron chi connectivity index (χ1n) is 12.7. The van der Waals surface area contributed by atoms with Crippen molar-refractivity contribution in [2.24, 2.45) is 0 Å². The Bertz CT molecular complexity index is 1680. The molecule has 4 aromatic heterocycles. The number of rotatable bonds is 7. The second kappa shape index (κ2) is 8.85. The Kier molecular flexibility index (Phi) is 5.39. The summed E-state index contributed by atoms with van der Waals surface area (Å²) in [5, 5.41) is 4.65. The summed E-state index contributed by atoms with van der Waals surface area (Å²) in [5.41, 5.74) is 3.83. The lowest BCUT2D eigenvalue weighted by molar-refractivity contribution is -0.140. The van der Waals surface area contributed by atoms with Gasteiger partial charge in [0.05, 0.1) is 12.8 Å². The van der Waals surface area contributed by atoms with Crippen LogP contribution in [0.5, 0.6) is 5.88 Å². The second-order valence-electron chi connectivity index (χ2n) is 10.00. The summed E-state index contributed by atoms with van der Waals surface area (Å²) < 4.78 is 48.8. The highest BCUT2D eigenvalue weighted by Gasteiger charge is 2.37. The van der Waals surface area contributed by atoms with E-state index in [4.69, 9.17) is 9.72 Å². The van der Waals surface area contributed by atoms with Gasteiger partial charge in [-0.3, -0.25) is 0 Å². The number of halogens is 3. The summed E-state index contributed by atoms with van der Waals surface area (Å²) in [4.78, 5) is 21.8. The maximum Gasteiger partial charge on any atom is 0.434 e. The van der Waals surface area contributed by atoms with Crippen LogP contribution in [-0.2, 0) is 12.6 Å². The lowest BCUT2D eigenvalue weighted by Crippen LogP contribution is -2.05. The molecule has 2 aliphatic carbocycles. The monoisotopic (exact) mass is 532 g/mol. The Labute approximate surface area is 220 Å². The Morgan fingerprint density at radius 3 is 2.51 bits per heavy atom. The molecule has 0 N–H and O–H groups in total. The molecule has 0 spiro atoms. The van der Waals surface area contributed by atoms with Crippen LogP contribution in [-0.4, -0.2) is 46.2 Å². The third kappa shape index (κ3) is 4.39. The lowest BCUT2D eigenvalue weighted by atomic mass is 10.0. The minimum Gasteiger partial charge on any atom is -0.480 e. The van der Waals surface area contributed by atoms with Crippen LogP contribution in [0.25, 0.3) is 28.4 Å². The quantitative estimate of drug-likeness (QED) is 0.282. The van der Waals surface area contributed by atoms with E-state index < -0.39 is 11.9 Å². The number of benzene rings is 1. The highest BCUT2D eigenvalue weighted by atomic mass is 19.4. The Morgan fingerprint density at radius 2 is 1.82 bits per heavy atom. The van der Waals surface area contributed by atoms with E-state index in [1.165, 1.54) is 6.33 Å². The predicted octanol–water partition coefficient (Wildman–Crippen LogP) is 5.28. The molecule has 2 aliphatic rings. The van der Waals surface area contributed by atoms with Crippen molar-refractivity contribution >= 4 is 5.65 Å². The third-order valence-electron chi connectivity index (χ3n) is 7.12. The lowest BCUT2D eigenvalue weighted by Gasteiger charge is -2.08. The van der Waals surface area contributed by atoms with E-state index in [2.05, 4.69) is 25.0 Å². The van der Waals surface area contributed by atoms with Crippen molar-refractivity contribution in [2.75, 3.05) is 7.11 Å². The molecule has 0 aliphatic heterocycles. The van der Waals surface area contributed by atoms with E-state index in [1.807, 2.05) is 24.3 Å². The predicted molar refractivity (Wildman–Crippen MR) is 134 cm³/mol. The average molecular weight is 533 g/mol. The summed E-state index contributed by atoms with van der Waals surface area (Å²) in [6, 6.07) is 7.49. The Hall–Kier alpha value is -4.35. The zero-order valence-corrected chi connectivity index (χ0v) is 20.9. The van der Waals surface area contributed by atoms with E-state index in [-0.39, 0.29) is 6.04 Å². The highest BCUT2D eigenvalue weighted by Crippen LogP contribution is 2.45. The first kappa shape index (κ1) is 23.7. The molecule has 4 heterocycles. The van der Waals surface area contributed by atoms with Crippen molar-refractivity contribution < 1.29 is 17.9 Å². The van der Waals surface area contributed by atoms with Crippen LogP contribution in [0.4, 0.5) is 13.2 Å². The first-order valence-corrected chi connectivity index (χ1v) is 12.7. The summed E-state index contributed by atoms with van der Waals surface area (Å²) in [6.45, 7) is 0. The molecular formula is C27H23F3N8O. The first-order chi connectivity index (χ1) is 18.9. The van der Waals surface area contributed by atoms with Crippen molar-refractivity contribution in [3.8, 4) is 28.7 Å². The van der Waals surface area contributed by atoms with E-state index in [0.717, 1.165) is 48.7 Å². The molecule has 1 aromatic carbocycles. The normalized spacial score (nSPS) is 15.7. The number of imidazole rings is 1. The van der Waals surface area contributed by atoms with Gasteiger partial charge >= 0.3 is 6.18 Å². The fourth-order valence-corrected chi connectivity index (χ4v) is 4.88. The average Bonchev–Trinajstić information content (AvgIpc) is 3.87. The van der Waals surface area contributed by atoms with Crippen LogP contribution in [0.3, 0.4) is 0 Å². The molecule has 0 amide bonds. The van der Waals surface area contributed by atoms with E-state index >= 15 is 0 Å². The molecule has 7 rings (SSSR count). The number of methoxy groups -OCH3 is 1. The topological polar surface area (TPSA) is 95.9 Å².